The minimum Gasteiger partial charge on any atom is -0.398 e. The maximum atomic E-state index is 5.94. The summed E-state index contributed by atoms with van der Waals surface area (Å²) >= 11 is 0. The van der Waals surface area contributed by atoms with E-state index in [-0.39, 0.29) is 6.04 Å². The van der Waals surface area contributed by atoms with E-state index in [0.29, 0.717) is 5.69 Å². The Bertz CT molecular complexity index is 507. The van der Waals surface area contributed by atoms with Crippen LogP contribution >= 0.6 is 0 Å². The summed E-state index contributed by atoms with van der Waals surface area (Å²) in [5.74, 6) is 5.62. The zero-order valence-corrected chi connectivity index (χ0v) is 10.4. The zero-order valence-electron chi connectivity index (χ0n) is 10.4. The molecule has 1 unspecified atom stereocenters. The Morgan fingerprint density at radius 1 is 1.22 bits per heavy atom. The molecular weight excluding hydrogens is 224 g/mol. The minimum atomic E-state index is -0.0265. The maximum Gasteiger partial charge on any atom is 0.0535 e. The van der Waals surface area contributed by atoms with E-state index in [1.165, 1.54) is 11.1 Å². The van der Waals surface area contributed by atoms with E-state index >= 15 is 0 Å². The molecule has 1 heterocycles. The summed E-state index contributed by atoms with van der Waals surface area (Å²) < 4.78 is 0. The van der Waals surface area contributed by atoms with E-state index < -0.39 is 0 Å². The highest BCUT2D eigenvalue weighted by molar-refractivity contribution is 5.46. The number of nitrogens with zero attached hydrogens (tertiary/aromatic N) is 1. The van der Waals surface area contributed by atoms with Crippen molar-refractivity contribution < 1.29 is 0 Å². The summed E-state index contributed by atoms with van der Waals surface area (Å²) in [4.78, 5) is 4.09. The van der Waals surface area contributed by atoms with E-state index in [2.05, 4.69) is 41.6 Å². The van der Waals surface area contributed by atoms with Crippen molar-refractivity contribution in [2.75, 3.05) is 5.73 Å². The van der Waals surface area contributed by atoms with Gasteiger partial charge in [-0.3, -0.25) is 16.3 Å². The number of benzene rings is 1. The number of aromatic nitrogens is 1. The second kappa shape index (κ2) is 5.62. The molecule has 0 aliphatic rings. The Morgan fingerprint density at radius 2 is 1.94 bits per heavy atom. The third-order valence-electron chi connectivity index (χ3n) is 3.02. The van der Waals surface area contributed by atoms with Crippen molar-refractivity contribution in [3.05, 3.63) is 59.4 Å². The van der Waals surface area contributed by atoms with Crippen molar-refractivity contribution in [2.24, 2.45) is 5.84 Å². The summed E-state index contributed by atoms with van der Waals surface area (Å²) in [5.41, 5.74) is 12.8. The van der Waals surface area contributed by atoms with Crippen LogP contribution in [0.15, 0.2) is 42.7 Å². The monoisotopic (exact) mass is 242 g/mol. The molecule has 0 radical (unpaired) electrons. The summed E-state index contributed by atoms with van der Waals surface area (Å²) in [7, 11) is 0. The number of rotatable bonds is 4. The molecule has 4 heteroatoms. The van der Waals surface area contributed by atoms with Gasteiger partial charge in [-0.05, 0) is 25.0 Å². The number of nitrogens with one attached hydrogen (secondary N) is 1. The van der Waals surface area contributed by atoms with Gasteiger partial charge in [0.1, 0.15) is 0 Å². The first-order valence-corrected chi connectivity index (χ1v) is 5.91. The van der Waals surface area contributed by atoms with Crippen molar-refractivity contribution in [3.8, 4) is 0 Å². The van der Waals surface area contributed by atoms with Crippen LogP contribution in [-0.2, 0) is 6.42 Å². The number of hydrazine groups is 1. The molecule has 5 N–H and O–H groups in total. The average molecular weight is 242 g/mol. The molecule has 1 aromatic carbocycles. The molecule has 0 saturated carbocycles. The Kier molecular flexibility index (Phi) is 3.92. The van der Waals surface area contributed by atoms with Crippen molar-refractivity contribution >= 4 is 5.69 Å². The molecule has 1 aromatic heterocycles. The van der Waals surface area contributed by atoms with Crippen molar-refractivity contribution in [1.82, 2.24) is 10.4 Å². The number of nitrogens with two attached hydrogens (primary N) is 2. The largest absolute Gasteiger partial charge is 0.398 e. The smallest absolute Gasteiger partial charge is 0.0535 e. The summed E-state index contributed by atoms with van der Waals surface area (Å²) in [6.07, 6.45) is 4.22. The van der Waals surface area contributed by atoms with Gasteiger partial charge in [-0.1, -0.05) is 29.8 Å². The maximum absolute atomic E-state index is 5.94. The van der Waals surface area contributed by atoms with Gasteiger partial charge in [0.25, 0.3) is 0 Å². The number of hydrogen-bond donors (Lipinski definition) is 3. The summed E-state index contributed by atoms with van der Waals surface area (Å²) in [5, 5.41) is 0. The second-order valence-electron chi connectivity index (χ2n) is 4.41. The molecule has 18 heavy (non-hydrogen) atoms. The van der Waals surface area contributed by atoms with Crippen LogP contribution in [0.2, 0.25) is 0 Å². The minimum absolute atomic E-state index is 0.0265. The van der Waals surface area contributed by atoms with E-state index in [0.717, 1.165) is 12.0 Å². The van der Waals surface area contributed by atoms with Crippen molar-refractivity contribution in [3.63, 3.8) is 0 Å². The van der Waals surface area contributed by atoms with Gasteiger partial charge in [-0.25, -0.2) is 0 Å². The molecule has 0 bridgehead atoms. The molecule has 0 aliphatic carbocycles. The molecule has 94 valence electrons. The normalized spacial score (nSPS) is 12.3. The van der Waals surface area contributed by atoms with Gasteiger partial charge in [0.15, 0.2) is 0 Å². The van der Waals surface area contributed by atoms with Gasteiger partial charge in [0.05, 0.1) is 6.04 Å². The highest BCUT2D eigenvalue weighted by atomic mass is 15.2. The molecule has 2 rings (SSSR count). The van der Waals surface area contributed by atoms with Gasteiger partial charge in [-0.15, -0.1) is 0 Å². The number of aryl methyl sites for hydroxylation is 1. The lowest BCUT2D eigenvalue weighted by molar-refractivity contribution is 0.552. The van der Waals surface area contributed by atoms with Crippen molar-refractivity contribution in [1.29, 1.82) is 0 Å². The summed E-state index contributed by atoms with van der Waals surface area (Å²) in [6.45, 7) is 2.07. The van der Waals surface area contributed by atoms with E-state index in [9.17, 15) is 0 Å². The predicted octanol–water partition coefficient (Wildman–Crippen LogP) is 1.72. The Morgan fingerprint density at radius 3 is 2.56 bits per heavy atom. The summed E-state index contributed by atoms with van der Waals surface area (Å²) in [6, 6.07) is 10.2. The van der Waals surface area contributed by atoms with Crippen LogP contribution in [0.1, 0.15) is 22.7 Å². The molecule has 1 atom stereocenters. The van der Waals surface area contributed by atoms with Crippen LogP contribution in [0.3, 0.4) is 0 Å². The third-order valence-corrected chi connectivity index (χ3v) is 3.02. The van der Waals surface area contributed by atoms with Crippen LogP contribution in [0, 0.1) is 6.92 Å². The Balaban J connectivity index is 2.20. The molecular formula is C14H18N4. The fraction of sp³-hybridized carbons (Fsp3) is 0.214. The lowest BCUT2D eigenvalue weighted by Crippen LogP contribution is -2.30. The topological polar surface area (TPSA) is 77.0 Å². The lowest BCUT2D eigenvalue weighted by atomic mass is 9.99. The van der Waals surface area contributed by atoms with Gasteiger partial charge in [-0.2, -0.15) is 0 Å². The van der Waals surface area contributed by atoms with Crippen LogP contribution < -0.4 is 17.0 Å². The van der Waals surface area contributed by atoms with E-state index in [1.54, 1.807) is 18.5 Å². The first-order valence-electron chi connectivity index (χ1n) is 5.91. The third kappa shape index (κ3) is 2.85. The van der Waals surface area contributed by atoms with Crippen LogP contribution in [0.4, 0.5) is 5.69 Å². The van der Waals surface area contributed by atoms with Crippen LogP contribution in [0.25, 0.3) is 0 Å². The van der Waals surface area contributed by atoms with Crippen LogP contribution in [0.5, 0.6) is 0 Å². The molecule has 2 aromatic rings. The Labute approximate surface area is 107 Å². The molecule has 0 fully saturated rings. The molecule has 0 saturated heterocycles. The SMILES string of the molecule is Cc1ccc(CC(NN)c2cnccc2N)cc1. The highest BCUT2D eigenvalue weighted by Crippen LogP contribution is 2.22. The first kappa shape index (κ1) is 12.5. The average Bonchev–Trinajstić information content (AvgIpc) is 2.39. The predicted molar refractivity (Wildman–Crippen MR) is 73.6 cm³/mol. The molecule has 0 spiro atoms. The lowest BCUT2D eigenvalue weighted by Gasteiger charge is -2.17. The fourth-order valence-corrected chi connectivity index (χ4v) is 1.93. The van der Waals surface area contributed by atoms with E-state index in [4.69, 9.17) is 11.6 Å². The van der Waals surface area contributed by atoms with Gasteiger partial charge < -0.3 is 5.73 Å². The number of pyridine rings is 1. The second-order valence-corrected chi connectivity index (χ2v) is 4.41. The van der Waals surface area contributed by atoms with Crippen molar-refractivity contribution in [2.45, 2.75) is 19.4 Å². The molecule has 4 nitrogen and oxygen atoms in total. The molecule has 0 amide bonds. The number of nitrogen functional groups attached to an aromatic ring is 1. The van der Waals surface area contributed by atoms with Gasteiger partial charge >= 0.3 is 0 Å². The van der Waals surface area contributed by atoms with Gasteiger partial charge in [0.2, 0.25) is 0 Å². The number of hydrogen-bond acceptors (Lipinski definition) is 4. The quantitative estimate of drug-likeness (QED) is 0.563. The van der Waals surface area contributed by atoms with Crippen LogP contribution in [-0.4, -0.2) is 4.98 Å². The van der Waals surface area contributed by atoms with E-state index in [1.807, 2.05) is 0 Å². The molecule has 0 aliphatic heterocycles. The standard InChI is InChI=1S/C14H18N4/c1-10-2-4-11(5-3-10)8-14(18-16)12-9-17-7-6-13(12)15/h2-7,9,14,18H,8,16H2,1H3,(H2,15,17). The first-order chi connectivity index (χ1) is 8.70. The van der Waals surface area contributed by atoms with Gasteiger partial charge in [0, 0.05) is 23.6 Å². The highest BCUT2D eigenvalue weighted by Gasteiger charge is 2.13. The number of anilines is 1. The Hall–Kier alpha value is -1.91. The fourth-order valence-electron chi connectivity index (χ4n) is 1.93. The zero-order chi connectivity index (χ0) is 13.0.